The molecule has 16 nitrogen and oxygen atoms in total. The maximum Gasteiger partial charge on any atom is 0.349 e. The van der Waals surface area contributed by atoms with Crippen molar-refractivity contribution in [1.82, 2.24) is 16.0 Å². The molecule has 1 atom stereocenters. The van der Waals surface area contributed by atoms with E-state index in [4.69, 9.17) is 23.7 Å². The fourth-order valence-electron chi connectivity index (χ4n) is 15.0. The van der Waals surface area contributed by atoms with E-state index in [-0.39, 0.29) is 116 Å². The number of nitriles is 1. The number of phenols is 2. The third-order valence-corrected chi connectivity index (χ3v) is 20.0. The average molecular weight is 1510 g/mol. The Morgan fingerprint density at radius 2 is 1.09 bits per heavy atom. The predicted octanol–water partition coefficient (Wildman–Crippen LogP) is 21.5. The number of allylic oxidation sites excluding steroid dienone is 3. The number of nitrogens with zero attached hydrogens (tertiary/aromatic N) is 1. The molecule has 2 fully saturated rings. The van der Waals surface area contributed by atoms with Crippen LogP contribution < -0.4 is 25.4 Å². The first-order valence-electron chi connectivity index (χ1n) is 40.4. The van der Waals surface area contributed by atoms with Crippen LogP contribution in [-0.4, -0.2) is 94.0 Å². The molecule has 0 saturated carbocycles. The number of carbonyl (C=O) groups is 5. The molecule has 1 aliphatic carbocycles. The van der Waals surface area contributed by atoms with E-state index in [1.807, 2.05) is 78.0 Å². The molecule has 5 N–H and O–H groups in total. The van der Waals surface area contributed by atoms with Gasteiger partial charge in [-0.2, -0.15) is 5.26 Å². The summed E-state index contributed by atoms with van der Waals surface area (Å²) in [7, 11) is 0. The van der Waals surface area contributed by atoms with Crippen molar-refractivity contribution in [2.24, 2.45) is 11.3 Å². The molecule has 7 rings (SSSR count). The molecule has 4 aromatic rings. The number of ether oxygens (including phenoxy) is 5. The van der Waals surface area contributed by atoms with Crippen LogP contribution in [0.1, 0.15) is 344 Å². The summed E-state index contributed by atoms with van der Waals surface area (Å²) in [4.78, 5) is 62.3. The zero-order valence-electron chi connectivity index (χ0n) is 72.1. The van der Waals surface area contributed by atoms with Crippen LogP contribution in [-0.2, 0) is 50.3 Å². The van der Waals surface area contributed by atoms with Gasteiger partial charge >= 0.3 is 23.9 Å². The van der Waals surface area contributed by atoms with Gasteiger partial charge in [-0.1, -0.05) is 212 Å². The van der Waals surface area contributed by atoms with Gasteiger partial charge in [0.05, 0.1) is 37.2 Å². The molecule has 0 bridgehead atoms. The fourth-order valence-corrected chi connectivity index (χ4v) is 15.0. The molecule has 109 heavy (non-hydrogen) atoms. The molecule has 2 saturated heterocycles. The van der Waals surface area contributed by atoms with Crippen LogP contribution in [0, 0.1) is 22.7 Å². The lowest BCUT2D eigenvalue weighted by atomic mass is 9.76. The zero-order chi connectivity index (χ0) is 82.3. The first-order chi connectivity index (χ1) is 50.4. The van der Waals surface area contributed by atoms with Crippen molar-refractivity contribution in [3.05, 3.63) is 141 Å². The van der Waals surface area contributed by atoms with E-state index in [0.717, 1.165) is 79.5 Å². The van der Waals surface area contributed by atoms with Gasteiger partial charge in [-0.15, -0.1) is 0 Å². The molecule has 0 amide bonds. The van der Waals surface area contributed by atoms with E-state index >= 15 is 0 Å². The number of benzene rings is 4. The monoisotopic (exact) mass is 1510 g/mol. The van der Waals surface area contributed by atoms with Crippen LogP contribution >= 0.6 is 0 Å². The lowest BCUT2D eigenvalue weighted by Crippen LogP contribution is -2.59. The number of hydrogen-bond donors (Lipinski definition) is 5. The van der Waals surface area contributed by atoms with Crippen LogP contribution in [0.2, 0.25) is 0 Å². The Morgan fingerprint density at radius 1 is 0.587 bits per heavy atom. The largest absolute Gasteiger partial charge is 0.507 e. The number of ketones is 1. The lowest BCUT2D eigenvalue weighted by Gasteiger charge is -2.46. The van der Waals surface area contributed by atoms with Gasteiger partial charge in [-0.05, 0) is 169 Å². The van der Waals surface area contributed by atoms with Gasteiger partial charge in [-0.25, -0.2) is 9.59 Å². The minimum atomic E-state index is -0.511. The number of carbonyl (C=O) groups excluding carboxylic acids is 5. The highest BCUT2D eigenvalue weighted by molar-refractivity contribution is 6.10. The highest BCUT2D eigenvalue weighted by Gasteiger charge is 2.42. The first-order valence-corrected chi connectivity index (χ1v) is 40.4. The van der Waals surface area contributed by atoms with E-state index in [1.165, 1.54) is 63.0 Å². The van der Waals surface area contributed by atoms with Gasteiger partial charge in [0, 0.05) is 88.4 Å². The maximum atomic E-state index is 13.3. The standard InChI is InChI=1S/C29H42O3.C22H40N2O4.C21H34N2O2.C21H26O3/c1-26(2,3)19-13-14-23(20(17-19)27(4,5)6)32-25(31)18-15-21(28(7,8)9)24(30)22(16-18)29(10,11)12;1-19(2)11-15(12-20(3,4)23-19)27-17(25)9-10-18(26)28-16-13-21(5,6)24-22(7,8)14-16;1-6-9-10-16(7-2)15-23-18-11-17(12-21(4,5)13-18)19(14-22)20(24)25-8-3;1-2-3-4-5-6-10-15-24-18-13-14-19(20(22)16-18)21(23)17-11-8-7-9-12-17/h13-17,30H,1-12H3;15-16,23-24H,9-14H2,1-8H3;11,16,23H,6-10,12-13,15H2,1-5H3;7-9,11-14,16,22H,2-6,10,15H2,1H3/b;;19-17+;. The van der Waals surface area contributed by atoms with E-state index < -0.39 is 11.9 Å². The molecule has 606 valence electrons. The molecule has 0 radical (unpaired) electrons. The minimum absolute atomic E-state index is 0.00269. The van der Waals surface area contributed by atoms with Crippen molar-refractivity contribution in [2.45, 2.75) is 352 Å². The lowest BCUT2D eigenvalue weighted by molar-refractivity contribution is -0.160. The van der Waals surface area contributed by atoms with Gasteiger partial charge in [-0.3, -0.25) is 14.4 Å². The van der Waals surface area contributed by atoms with Gasteiger partial charge < -0.3 is 49.8 Å². The maximum absolute atomic E-state index is 13.3. The number of hydrogen-bond acceptors (Lipinski definition) is 16. The van der Waals surface area contributed by atoms with Crippen LogP contribution in [0.15, 0.2) is 102 Å². The highest BCUT2D eigenvalue weighted by atomic mass is 16.6. The molecule has 2 heterocycles. The first kappa shape index (κ1) is 93.9. The summed E-state index contributed by atoms with van der Waals surface area (Å²) in [5.74, 6) is 0.328. The Kier molecular flexibility index (Phi) is 35.0. The summed E-state index contributed by atoms with van der Waals surface area (Å²) in [6, 6.07) is 25.5. The molecule has 16 heteroatoms. The van der Waals surface area contributed by atoms with Gasteiger partial charge in [0.25, 0.3) is 0 Å². The Bertz CT molecular complexity index is 3630. The quantitative estimate of drug-likeness (QED) is 0.00748. The molecule has 1 unspecified atom stereocenters. The van der Waals surface area contributed by atoms with Gasteiger partial charge in [0.1, 0.15) is 46.8 Å². The van der Waals surface area contributed by atoms with Crippen molar-refractivity contribution in [3.8, 4) is 29.1 Å². The average Bonchev–Trinajstić information content (AvgIpc) is 0.763. The Labute approximate surface area is 657 Å². The second-order valence-electron chi connectivity index (χ2n) is 38.1. The molecule has 2 aliphatic heterocycles. The summed E-state index contributed by atoms with van der Waals surface area (Å²) in [6.45, 7) is 56.7. The number of aromatic hydroxyl groups is 2. The summed E-state index contributed by atoms with van der Waals surface area (Å²) >= 11 is 0. The van der Waals surface area contributed by atoms with Crippen LogP contribution in [0.3, 0.4) is 0 Å². The Morgan fingerprint density at radius 3 is 1.55 bits per heavy atom. The van der Waals surface area contributed by atoms with Crippen molar-refractivity contribution in [1.29, 1.82) is 5.26 Å². The molecular weight excluding hydrogens is 1370 g/mol. The SMILES string of the molecule is CC(C)(C)c1ccc(OC(=O)c2cc(C(C)(C)C)c(O)c(C(C)(C)C)c2)c(C(C)(C)C)c1.CC1(C)CC(OC(=O)CCC(=O)OC2CC(C)(C)NC(C)(C)C2)CC(C)(C)N1.CCCCC(CC)CNC1=C/C(=C(/C#N)C(=O)OCC)CC(C)(C)C1.CCCCCCCCOc1ccc(C(=O)c2ccccc2)c(O)c1. The predicted molar refractivity (Wildman–Crippen MR) is 443 cm³/mol. The Balaban J connectivity index is 0.000000309. The van der Waals surface area contributed by atoms with Crippen LogP contribution in [0.4, 0.5) is 0 Å². The van der Waals surface area contributed by atoms with E-state index in [9.17, 15) is 39.4 Å². The number of rotatable bonds is 26. The smallest absolute Gasteiger partial charge is 0.349 e. The van der Waals surface area contributed by atoms with E-state index in [0.29, 0.717) is 47.1 Å². The summed E-state index contributed by atoms with van der Waals surface area (Å²) in [6.07, 6.45) is 18.8. The van der Waals surface area contributed by atoms with Crippen molar-refractivity contribution < 1.29 is 57.9 Å². The van der Waals surface area contributed by atoms with Crippen molar-refractivity contribution in [2.75, 3.05) is 19.8 Å². The number of phenolic OH excluding ortho intramolecular Hbond substituents is 2. The van der Waals surface area contributed by atoms with Crippen LogP contribution in [0.5, 0.6) is 23.0 Å². The third-order valence-electron chi connectivity index (χ3n) is 20.0. The normalized spacial score (nSPS) is 17.5. The van der Waals surface area contributed by atoms with E-state index in [1.54, 1.807) is 43.3 Å². The molecule has 3 aliphatic rings. The molecule has 4 aromatic carbocycles. The zero-order valence-corrected chi connectivity index (χ0v) is 72.1. The van der Waals surface area contributed by atoms with Crippen LogP contribution in [0.25, 0.3) is 0 Å². The summed E-state index contributed by atoms with van der Waals surface area (Å²) < 4.78 is 28.0. The number of nitrogens with one attached hydrogen (secondary N) is 3. The fraction of sp³-hybridized carbons (Fsp3) is 0.634. The highest BCUT2D eigenvalue weighted by Crippen LogP contribution is 2.43. The minimum Gasteiger partial charge on any atom is -0.507 e. The summed E-state index contributed by atoms with van der Waals surface area (Å²) in [5.41, 5.74) is 5.96. The molecule has 0 aromatic heterocycles. The van der Waals surface area contributed by atoms with Crippen molar-refractivity contribution in [3.63, 3.8) is 0 Å². The summed E-state index contributed by atoms with van der Waals surface area (Å²) in [5, 5.41) is 41.2. The second-order valence-corrected chi connectivity index (χ2v) is 38.1. The molecule has 0 spiro atoms. The van der Waals surface area contributed by atoms with Gasteiger partial charge in [0.2, 0.25) is 0 Å². The second kappa shape index (κ2) is 40.6. The Hall–Kier alpha value is -7.48. The van der Waals surface area contributed by atoms with Gasteiger partial charge in [0.15, 0.2) is 5.78 Å². The molecular formula is C93H142N4O12. The number of unbranched alkanes of at least 4 members (excludes halogenated alkanes) is 6. The topological polar surface area (TPSA) is 232 Å². The third kappa shape index (κ3) is 32.0. The number of esters is 4. The number of piperidine rings is 2. The van der Waals surface area contributed by atoms with Crippen molar-refractivity contribution >= 4 is 29.7 Å². The van der Waals surface area contributed by atoms with E-state index in [2.05, 4.69) is 160 Å².